The Bertz CT molecular complexity index is 266. The van der Waals surface area contributed by atoms with Crippen LogP contribution in [-0.2, 0) is 14.3 Å². The predicted molar refractivity (Wildman–Crippen MR) is 66.2 cm³/mol. The minimum atomic E-state index is -0.974. The third kappa shape index (κ3) is 5.93. The van der Waals surface area contributed by atoms with E-state index >= 15 is 0 Å². The number of rotatable bonds is 7. The van der Waals surface area contributed by atoms with Crippen LogP contribution in [0.3, 0.4) is 0 Å². The molecular weight excluding hydrogens is 242 g/mol. The van der Waals surface area contributed by atoms with Gasteiger partial charge in [-0.1, -0.05) is 0 Å². The maximum Gasteiger partial charge on any atom is 0.326 e. The van der Waals surface area contributed by atoms with Crippen molar-refractivity contribution in [1.82, 2.24) is 5.32 Å². The molecule has 2 unspecified atom stereocenters. The van der Waals surface area contributed by atoms with Crippen LogP contribution in [0.25, 0.3) is 0 Å². The number of carbonyl (C=O) groups is 2. The van der Waals surface area contributed by atoms with Gasteiger partial charge in [0.1, 0.15) is 6.04 Å². The average Bonchev–Trinajstić information content (AvgIpc) is 2.74. The zero-order valence-corrected chi connectivity index (χ0v) is 10.8. The number of nitrogens with one attached hydrogen (secondary N) is 1. The molecule has 17 heavy (non-hydrogen) atoms. The van der Waals surface area contributed by atoms with Crippen molar-refractivity contribution in [3.63, 3.8) is 0 Å². The molecule has 0 spiro atoms. The normalized spacial score (nSPS) is 21.1. The van der Waals surface area contributed by atoms with E-state index in [2.05, 4.69) is 5.32 Å². The van der Waals surface area contributed by atoms with E-state index in [0.717, 1.165) is 31.0 Å². The van der Waals surface area contributed by atoms with E-state index in [-0.39, 0.29) is 5.91 Å². The van der Waals surface area contributed by atoms with Gasteiger partial charge in [-0.3, -0.25) is 4.79 Å². The molecule has 1 aliphatic heterocycles. The third-order valence-electron chi connectivity index (χ3n) is 2.55. The van der Waals surface area contributed by atoms with E-state index in [1.165, 1.54) is 6.92 Å². The van der Waals surface area contributed by atoms with Crippen molar-refractivity contribution in [2.75, 3.05) is 18.1 Å². The number of hydrogen-bond donors (Lipinski definition) is 2. The lowest BCUT2D eigenvalue weighted by Gasteiger charge is -2.13. The van der Waals surface area contributed by atoms with Crippen molar-refractivity contribution in [1.29, 1.82) is 0 Å². The van der Waals surface area contributed by atoms with Crippen LogP contribution in [0.15, 0.2) is 0 Å². The molecule has 0 aliphatic carbocycles. The van der Waals surface area contributed by atoms with E-state index < -0.39 is 12.0 Å². The van der Waals surface area contributed by atoms with E-state index in [1.807, 2.05) is 0 Å². The summed E-state index contributed by atoms with van der Waals surface area (Å²) >= 11 is 1.68. The van der Waals surface area contributed by atoms with Gasteiger partial charge in [-0.2, -0.15) is 11.8 Å². The molecule has 0 aromatic heterocycles. The predicted octanol–water partition coefficient (Wildman–Crippen LogP) is 0.878. The van der Waals surface area contributed by atoms with Crippen molar-refractivity contribution in [2.45, 2.75) is 38.3 Å². The van der Waals surface area contributed by atoms with Gasteiger partial charge in [-0.15, -0.1) is 0 Å². The summed E-state index contributed by atoms with van der Waals surface area (Å²) in [5, 5.41) is 11.3. The average molecular weight is 261 g/mol. The number of thioether (sulfide) groups is 1. The summed E-state index contributed by atoms with van der Waals surface area (Å²) in [4.78, 5) is 21.6. The highest BCUT2D eigenvalue weighted by atomic mass is 32.2. The molecule has 6 heteroatoms. The number of amides is 1. The minimum Gasteiger partial charge on any atom is -0.480 e. The fraction of sp³-hybridized carbons (Fsp3) is 0.818. The molecule has 5 nitrogen and oxygen atoms in total. The maximum absolute atomic E-state index is 10.8. The van der Waals surface area contributed by atoms with Crippen molar-refractivity contribution in [3.05, 3.63) is 0 Å². The van der Waals surface area contributed by atoms with Gasteiger partial charge in [0, 0.05) is 19.3 Å². The molecule has 0 radical (unpaired) electrons. The van der Waals surface area contributed by atoms with Crippen LogP contribution in [0.2, 0.25) is 0 Å². The second kappa shape index (κ2) is 7.55. The Hall–Kier alpha value is -0.750. The molecule has 2 atom stereocenters. The Morgan fingerprint density at radius 1 is 1.59 bits per heavy atom. The second-order valence-corrected chi connectivity index (χ2v) is 5.24. The first-order chi connectivity index (χ1) is 8.09. The minimum absolute atomic E-state index is 0.304. The Morgan fingerprint density at radius 3 is 2.88 bits per heavy atom. The molecule has 98 valence electrons. The summed E-state index contributed by atoms with van der Waals surface area (Å²) in [5.74, 6) is 0.350. The molecule has 2 N–H and O–H groups in total. The third-order valence-corrected chi connectivity index (χ3v) is 3.69. The Balaban J connectivity index is 2.13. The summed E-state index contributed by atoms with van der Waals surface area (Å²) in [6, 6.07) is -0.774. The second-order valence-electron chi connectivity index (χ2n) is 4.09. The summed E-state index contributed by atoms with van der Waals surface area (Å²) in [6.07, 6.45) is 2.99. The zero-order valence-electron chi connectivity index (χ0n) is 9.98. The van der Waals surface area contributed by atoms with Gasteiger partial charge >= 0.3 is 5.97 Å². The van der Waals surface area contributed by atoms with Gasteiger partial charge in [0.2, 0.25) is 5.91 Å². The topological polar surface area (TPSA) is 75.6 Å². The molecule has 1 heterocycles. The summed E-state index contributed by atoms with van der Waals surface area (Å²) in [7, 11) is 0. The SMILES string of the molecule is CC(=O)NC(CCSCC1CCCO1)C(=O)O. The van der Waals surface area contributed by atoms with Crippen molar-refractivity contribution in [3.8, 4) is 0 Å². The van der Waals surface area contributed by atoms with Crippen LogP contribution in [0, 0.1) is 0 Å². The Morgan fingerprint density at radius 2 is 2.35 bits per heavy atom. The number of ether oxygens (including phenoxy) is 1. The van der Waals surface area contributed by atoms with Crippen molar-refractivity contribution in [2.24, 2.45) is 0 Å². The molecule has 1 saturated heterocycles. The maximum atomic E-state index is 10.8. The highest BCUT2D eigenvalue weighted by Crippen LogP contribution is 2.17. The molecule has 1 aliphatic rings. The molecular formula is C11H19NO4S. The lowest BCUT2D eigenvalue weighted by atomic mass is 10.2. The first kappa shape index (κ1) is 14.3. The van der Waals surface area contributed by atoms with Crippen molar-refractivity contribution >= 4 is 23.6 Å². The van der Waals surface area contributed by atoms with E-state index in [0.29, 0.717) is 12.5 Å². The quantitative estimate of drug-likeness (QED) is 0.665. The lowest BCUT2D eigenvalue weighted by Crippen LogP contribution is -2.39. The van der Waals surface area contributed by atoms with E-state index in [1.54, 1.807) is 11.8 Å². The number of carbonyl (C=O) groups excluding carboxylic acids is 1. The Kier molecular flexibility index (Phi) is 6.36. The van der Waals surface area contributed by atoms with Crippen LogP contribution in [0.5, 0.6) is 0 Å². The van der Waals surface area contributed by atoms with Gasteiger partial charge in [0.05, 0.1) is 6.10 Å². The number of carboxylic acid groups (broad SMARTS) is 1. The van der Waals surface area contributed by atoms with E-state index in [4.69, 9.17) is 9.84 Å². The molecule has 0 aromatic carbocycles. The first-order valence-corrected chi connectivity index (χ1v) is 6.94. The zero-order chi connectivity index (χ0) is 12.7. The Labute approximate surface area is 105 Å². The van der Waals surface area contributed by atoms with Crippen LogP contribution < -0.4 is 5.32 Å². The number of hydrogen-bond acceptors (Lipinski definition) is 4. The number of aliphatic carboxylic acids is 1. The van der Waals surface area contributed by atoms with Crippen LogP contribution in [0.4, 0.5) is 0 Å². The number of carboxylic acids is 1. The monoisotopic (exact) mass is 261 g/mol. The van der Waals surface area contributed by atoms with Gasteiger partial charge in [0.15, 0.2) is 0 Å². The standard InChI is InChI=1S/C11H19NO4S/c1-8(13)12-10(11(14)15)4-6-17-7-9-3-2-5-16-9/h9-10H,2-7H2,1H3,(H,12,13)(H,14,15). The van der Waals surface area contributed by atoms with Gasteiger partial charge < -0.3 is 15.2 Å². The molecule has 0 bridgehead atoms. The van der Waals surface area contributed by atoms with Crippen LogP contribution in [0.1, 0.15) is 26.2 Å². The van der Waals surface area contributed by atoms with Gasteiger partial charge in [-0.25, -0.2) is 4.79 Å². The first-order valence-electron chi connectivity index (χ1n) is 5.79. The van der Waals surface area contributed by atoms with Crippen LogP contribution >= 0.6 is 11.8 Å². The van der Waals surface area contributed by atoms with Crippen LogP contribution in [-0.4, -0.2) is 47.2 Å². The molecule has 0 saturated carbocycles. The fourth-order valence-corrected chi connectivity index (χ4v) is 2.79. The summed E-state index contributed by atoms with van der Waals surface area (Å²) in [5.41, 5.74) is 0. The van der Waals surface area contributed by atoms with Crippen molar-refractivity contribution < 1.29 is 19.4 Å². The molecule has 1 rings (SSSR count). The smallest absolute Gasteiger partial charge is 0.326 e. The summed E-state index contributed by atoms with van der Waals surface area (Å²) < 4.78 is 5.47. The van der Waals surface area contributed by atoms with Gasteiger partial charge in [0.25, 0.3) is 0 Å². The molecule has 1 amide bonds. The van der Waals surface area contributed by atoms with E-state index in [9.17, 15) is 9.59 Å². The highest BCUT2D eigenvalue weighted by Gasteiger charge is 2.19. The fourth-order valence-electron chi connectivity index (χ4n) is 1.69. The largest absolute Gasteiger partial charge is 0.480 e. The summed E-state index contributed by atoms with van der Waals surface area (Å²) in [6.45, 7) is 2.17. The molecule has 1 fully saturated rings. The lowest BCUT2D eigenvalue weighted by molar-refractivity contribution is -0.141. The molecule has 0 aromatic rings. The highest BCUT2D eigenvalue weighted by molar-refractivity contribution is 7.99. The van der Waals surface area contributed by atoms with Gasteiger partial charge in [-0.05, 0) is 25.0 Å².